The van der Waals surface area contributed by atoms with Gasteiger partial charge in [0.05, 0.1) is 11.3 Å². The van der Waals surface area contributed by atoms with E-state index in [-0.39, 0.29) is 0 Å². The largest absolute Gasteiger partial charge is 0.463 e. The number of hydrogen-bond donors (Lipinski definition) is 0. The first kappa shape index (κ1) is 7.89. The van der Waals surface area contributed by atoms with Crippen LogP contribution in [0.3, 0.4) is 0 Å². The van der Waals surface area contributed by atoms with Gasteiger partial charge in [-0.2, -0.15) is 0 Å². The molecular weight excluding hydrogens is 196 g/mol. The maximum Gasteiger partial charge on any atom is 0.153 e. The van der Waals surface area contributed by atoms with Gasteiger partial charge >= 0.3 is 0 Å². The van der Waals surface area contributed by atoms with Crippen molar-refractivity contribution in [3.8, 4) is 0 Å². The highest BCUT2D eigenvalue weighted by Gasteiger charge is 2.06. The summed E-state index contributed by atoms with van der Waals surface area (Å²) in [6.45, 7) is 0. The first-order chi connectivity index (χ1) is 6.86. The molecule has 0 N–H and O–H groups in total. The third kappa shape index (κ3) is 0.962. The summed E-state index contributed by atoms with van der Waals surface area (Å²) in [6, 6.07) is 12.0. The minimum Gasteiger partial charge on any atom is -0.463 e. The number of furan rings is 1. The van der Waals surface area contributed by atoms with Crippen molar-refractivity contribution < 1.29 is 4.42 Å². The van der Waals surface area contributed by atoms with Crippen molar-refractivity contribution in [3.63, 3.8) is 0 Å². The third-order valence-electron chi connectivity index (χ3n) is 2.40. The van der Waals surface area contributed by atoms with Gasteiger partial charge in [-0.25, -0.2) is 0 Å². The number of rotatable bonds is 0. The minimum atomic E-state index is 0.697. The summed E-state index contributed by atoms with van der Waals surface area (Å²) in [5.41, 5.74) is 0.769. The fourth-order valence-corrected chi connectivity index (χ4v) is 2.05. The molecule has 1 nitrogen and oxygen atoms in total. The molecule has 0 fully saturated rings. The Labute approximate surface area is 85.9 Å². The highest BCUT2D eigenvalue weighted by atomic mass is 35.5. The van der Waals surface area contributed by atoms with E-state index in [1.807, 2.05) is 30.3 Å². The smallest absolute Gasteiger partial charge is 0.153 e. The molecule has 0 spiro atoms. The SMILES string of the molecule is Clc1c2ccccc2cc2ccoc12. The quantitative estimate of drug-likeness (QED) is 0.532. The Kier molecular flexibility index (Phi) is 1.55. The number of benzene rings is 2. The molecule has 0 aliphatic heterocycles. The van der Waals surface area contributed by atoms with Crippen LogP contribution in [-0.2, 0) is 0 Å². The zero-order valence-corrected chi connectivity index (χ0v) is 8.08. The molecule has 0 radical (unpaired) electrons. The molecule has 14 heavy (non-hydrogen) atoms. The lowest BCUT2D eigenvalue weighted by Gasteiger charge is -2.00. The zero-order chi connectivity index (χ0) is 9.54. The van der Waals surface area contributed by atoms with Gasteiger partial charge in [0.1, 0.15) is 0 Å². The van der Waals surface area contributed by atoms with Gasteiger partial charge < -0.3 is 4.42 Å². The predicted octanol–water partition coefficient (Wildman–Crippen LogP) is 4.24. The van der Waals surface area contributed by atoms with Crippen LogP contribution in [0, 0.1) is 0 Å². The van der Waals surface area contributed by atoms with Crippen molar-refractivity contribution in [1.82, 2.24) is 0 Å². The monoisotopic (exact) mass is 202 g/mol. The number of halogens is 1. The van der Waals surface area contributed by atoms with Crippen LogP contribution in [-0.4, -0.2) is 0 Å². The fraction of sp³-hybridized carbons (Fsp3) is 0. The van der Waals surface area contributed by atoms with E-state index >= 15 is 0 Å². The van der Waals surface area contributed by atoms with E-state index in [0.29, 0.717) is 5.02 Å². The van der Waals surface area contributed by atoms with Gasteiger partial charge in [0, 0.05) is 10.8 Å². The van der Waals surface area contributed by atoms with Gasteiger partial charge in [0.25, 0.3) is 0 Å². The minimum absolute atomic E-state index is 0.697. The molecular formula is C12H7ClO. The van der Waals surface area contributed by atoms with Gasteiger partial charge in [-0.1, -0.05) is 35.9 Å². The second kappa shape index (κ2) is 2.76. The van der Waals surface area contributed by atoms with Crippen molar-refractivity contribution in [1.29, 1.82) is 0 Å². The lowest BCUT2D eigenvalue weighted by molar-refractivity contribution is 0.616. The van der Waals surface area contributed by atoms with Crippen LogP contribution in [0.4, 0.5) is 0 Å². The topological polar surface area (TPSA) is 13.1 Å². The van der Waals surface area contributed by atoms with Gasteiger partial charge in [-0.3, -0.25) is 0 Å². The summed E-state index contributed by atoms with van der Waals surface area (Å²) in [6.07, 6.45) is 1.66. The number of fused-ring (bicyclic) bond motifs is 2. The van der Waals surface area contributed by atoms with Crippen LogP contribution in [0.25, 0.3) is 21.7 Å². The summed E-state index contributed by atoms with van der Waals surface area (Å²) >= 11 is 6.22. The molecule has 0 saturated carbocycles. The zero-order valence-electron chi connectivity index (χ0n) is 7.33. The van der Waals surface area contributed by atoms with Gasteiger partial charge in [-0.15, -0.1) is 0 Å². The summed E-state index contributed by atoms with van der Waals surface area (Å²) in [4.78, 5) is 0. The fourth-order valence-electron chi connectivity index (χ4n) is 1.72. The molecule has 0 unspecified atom stereocenters. The summed E-state index contributed by atoms with van der Waals surface area (Å²) in [5.74, 6) is 0. The molecule has 0 aliphatic carbocycles. The van der Waals surface area contributed by atoms with Crippen LogP contribution >= 0.6 is 11.6 Å². The second-order valence-electron chi connectivity index (χ2n) is 3.25. The third-order valence-corrected chi connectivity index (χ3v) is 2.78. The Morgan fingerprint density at radius 1 is 1.00 bits per heavy atom. The van der Waals surface area contributed by atoms with E-state index in [2.05, 4.69) is 6.07 Å². The molecule has 3 rings (SSSR count). The standard InChI is InChI=1S/C12H7ClO/c13-11-10-4-2-1-3-8(10)7-9-5-6-14-12(9)11/h1-7H. The summed E-state index contributed by atoms with van der Waals surface area (Å²) in [7, 11) is 0. The van der Waals surface area contributed by atoms with Crippen LogP contribution < -0.4 is 0 Å². The van der Waals surface area contributed by atoms with E-state index in [4.69, 9.17) is 16.0 Å². The summed E-state index contributed by atoms with van der Waals surface area (Å²) in [5, 5.41) is 3.93. The molecule has 0 bridgehead atoms. The van der Waals surface area contributed by atoms with Crippen molar-refractivity contribution in [2.24, 2.45) is 0 Å². The Morgan fingerprint density at radius 2 is 1.86 bits per heavy atom. The van der Waals surface area contributed by atoms with Crippen LogP contribution in [0.1, 0.15) is 0 Å². The number of hydrogen-bond acceptors (Lipinski definition) is 1. The van der Waals surface area contributed by atoms with E-state index in [1.54, 1.807) is 6.26 Å². The van der Waals surface area contributed by atoms with Crippen LogP contribution in [0.5, 0.6) is 0 Å². The van der Waals surface area contributed by atoms with Crippen molar-refractivity contribution >= 4 is 33.3 Å². The Hall–Kier alpha value is -1.47. The molecule has 0 saturated heterocycles. The van der Waals surface area contributed by atoms with E-state index in [9.17, 15) is 0 Å². The van der Waals surface area contributed by atoms with Crippen LogP contribution in [0.15, 0.2) is 47.1 Å². The second-order valence-corrected chi connectivity index (χ2v) is 3.63. The lowest BCUT2D eigenvalue weighted by Crippen LogP contribution is -1.74. The Morgan fingerprint density at radius 3 is 2.79 bits per heavy atom. The average molecular weight is 203 g/mol. The first-order valence-electron chi connectivity index (χ1n) is 4.41. The predicted molar refractivity (Wildman–Crippen MR) is 58.7 cm³/mol. The molecule has 0 amide bonds. The summed E-state index contributed by atoms with van der Waals surface area (Å²) < 4.78 is 5.32. The van der Waals surface area contributed by atoms with Crippen LogP contribution in [0.2, 0.25) is 5.02 Å². The first-order valence-corrected chi connectivity index (χ1v) is 4.78. The lowest BCUT2D eigenvalue weighted by atomic mass is 10.1. The average Bonchev–Trinajstić information content (AvgIpc) is 2.66. The van der Waals surface area contributed by atoms with Gasteiger partial charge in [-0.05, 0) is 17.5 Å². The molecule has 2 heteroatoms. The van der Waals surface area contributed by atoms with Gasteiger partial charge in [0.15, 0.2) is 5.58 Å². The molecule has 1 aromatic heterocycles. The Balaban J connectivity index is 2.63. The van der Waals surface area contributed by atoms with Crippen molar-refractivity contribution in [3.05, 3.63) is 47.7 Å². The molecule has 2 aromatic carbocycles. The maximum atomic E-state index is 6.22. The van der Waals surface area contributed by atoms with E-state index < -0.39 is 0 Å². The Bertz CT molecular complexity index is 610. The van der Waals surface area contributed by atoms with Crippen molar-refractivity contribution in [2.75, 3.05) is 0 Å². The molecule has 68 valence electrons. The van der Waals surface area contributed by atoms with E-state index in [0.717, 1.165) is 21.7 Å². The maximum absolute atomic E-state index is 6.22. The highest BCUT2D eigenvalue weighted by molar-refractivity contribution is 6.40. The molecule has 0 aliphatic rings. The molecule has 3 aromatic rings. The molecule has 1 heterocycles. The van der Waals surface area contributed by atoms with E-state index in [1.165, 1.54) is 0 Å². The van der Waals surface area contributed by atoms with Gasteiger partial charge in [0.2, 0.25) is 0 Å². The molecule has 0 atom stereocenters. The highest BCUT2D eigenvalue weighted by Crippen LogP contribution is 2.32. The normalized spacial score (nSPS) is 11.2. The van der Waals surface area contributed by atoms with Crippen molar-refractivity contribution in [2.45, 2.75) is 0 Å².